The number of hydrogen-bond acceptors (Lipinski definition) is 2. The van der Waals surface area contributed by atoms with E-state index in [9.17, 15) is 5.11 Å². The highest BCUT2D eigenvalue weighted by Gasteiger charge is 2.43. The maximum atomic E-state index is 9.19. The average molecular weight is 183 g/mol. The maximum Gasteiger partial charge on any atom is 0.0613 e. The SMILES string of the molecule is CC1CCCC(NC2(CO)CC2)C1. The standard InChI is InChI=1S/C11H21NO/c1-9-3-2-4-10(7-9)12-11(8-13)5-6-11/h9-10,12-13H,2-8H2,1H3. The van der Waals surface area contributed by atoms with Crippen molar-refractivity contribution < 1.29 is 5.11 Å². The molecular weight excluding hydrogens is 162 g/mol. The fraction of sp³-hybridized carbons (Fsp3) is 1.00. The minimum atomic E-state index is 0.141. The first-order valence-corrected chi connectivity index (χ1v) is 5.63. The number of rotatable bonds is 3. The fourth-order valence-corrected chi connectivity index (χ4v) is 2.50. The van der Waals surface area contributed by atoms with Gasteiger partial charge in [-0.2, -0.15) is 0 Å². The largest absolute Gasteiger partial charge is 0.394 e. The summed E-state index contributed by atoms with van der Waals surface area (Å²) in [6, 6.07) is 0.679. The second-order valence-corrected chi connectivity index (χ2v) is 5.05. The molecule has 2 saturated carbocycles. The van der Waals surface area contributed by atoms with Crippen LogP contribution < -0.4 is 5.32 Å². The maximum absolute atomic E-state index is 9.19. The quantitative estimate of drug-likeness (QED) is 0.697. The molecule has 2 aliphatic carbocycles. The summed E-state index contributed by atoms with van der Waals surface area (Å²) >= 11 is 0. The molecule has 13 heavy (non-hydrogen) atoms. The van der Waals surface area contributed by atoms with Crippen molar-refractivity contribution in [1.82, 2.24) is 5.32 Å². The Labute approximate surface area is 80.7 Å². The fourth-order valence-electron chi connectivity index (χ4n) is 2.50. The van der Waals surface area contributed by atoms with E-state index in [1.165, 1.54) is 38.5 Å². The molecule has 0 amide bonds. The van der Waals surface area contributed by atoms with Gasteiger partial charge in [-0.1, -0.05) is 19.8 Å². The van der Waals surface area contributed by atoms with Gasteiger partial charge in [-0.05, 0) is 31.6 Å². The molecule has 0 aromatic rings. The first-order valence-electron chi connectivity index (χ1n) is 5.63. The summed E-state index contributed by atoms with van der Waals surface area (Å²) < 4.78 is 0. The van der Waals surface area contributed by atoms with E-state index in [1.807, 2.05) is 0 Å². The first-order chi connectivity index (χ1) is 6.24. The van der Waals surface area contributed by atoms with Crippen LogP contribution in [-0.2, 0) is 0 Å². The second kappa shape index (κ2) is 3.58. The molecule has 0 aromatic carbocycles. The van der Waals surface area contributed by atoms with Gasteiger partial charge in [0.25, 0.3) is 0 Å². The zero-order chi connectivity index (χ0) is 9.31. The van der Waals surface area contributed by atoms with Crippen LogP contribution in [0.5, 0.6) is 0 Å². The molecule has 0 radical (unpaired) electrons. The summed E-state index contributed by atoms with van der Waals surface area (Å²) in [5, 5.41) is 12.8. The van der Waals surface area contributed by atoms with Gasteiger partial charge in [0.15, 0.2) is 0 Å². The lowest BCUT2D eigenvalue weighted by Crippen LogP contribution is -2.44. The third-order valence-electron chi connectivity index (χ3n) is 3.60. The predicted octanol–water partition coefficient (Wildman–Crippen LogP) is 1.68. The van der Waals surface area contributed by atoms with Crippen molar-refractivity contribution in [3.8, 4) is 0 Å². The van der Waals surface area contributed by atoms with Gasteiger partial charge in [-0.25, -0.2) is 0 Å². The molecule has 0 aromatic heterocycles. The van der Waals surface area contributed by atoms with E-state index in [-0.39, 0.29) is 5.54 Å². The summed E-state index contributed by atoms with van der Waals surface area (Å²) in [5.41, 5.74) is 0.141. The van der Waals surface area contributed by atoms with E-state index in [4.69, 9.17) is 0 Å². The van der Waals surface area contributed by atoms with Crippen LogP contribution in [-0.4, -0.2) is 23.3 Å². The van der Waals surface area contributed by atoms with Gasteiger partial charge in [-0.3, -0.25) is 0 Å². The van der Waals surface area contributed by atoms with Crippen LogP contribution in [0.2, 0.25) is 0 Å². The van der Waals surface area contributed by atoms with E-state index in [1.54, 1.807) is 0 Å². The Morgan fingerprint density at radius 2 is 2.15 bits per heavy atom. The van der Waals surface area contributed by atoms with Crippen molar-refractivity contribution in [2.24, 2.45) is 5.92 Å². The molecule has 2 aliphatic rings. The zero-order valence-electron chi connectivity index (χ0n) is 8.55. The Hall–Kier alpha value is -0.0800. The van der Waals surface area contributed by atoms with Gasteiger partial charge < -0.3 is 10.4 Å². The van der Waals surface area contributed by atoms with Crippen molar-refractivity contribution in [1.29, 1.82) is 0 Å². The summed E-state index contributed by atoms with van der Waals surface area (Å²) in [5.74, 6) is 0.876. The van der Waals surface area contributed by atoms with Crippen LogP contribution in [0.15, 0.2) is 0 Å². The van der Waals surface area contributed by atoms with Crippen molar-refractivity contribution in [3.05, 3.63) is 0 Å². The van der Waals surface area contributed by atoms with Gasteiger partial charge in [0.05, 0.1) is 6.61 Å². The molecule has 2 unspecified atom stereocenters. The Kier molecular flexibility index (Phi) is 2.61. The lowest BCUT2D eigenvalue weighted by Gasteiger charge is -2.30. The van der Waals surface area contributed by atoms with Gasteiger partial charge in [0.2, 0.25) is 0 Å². The molecule has 2 N–H and O–H groups in total. The molecule has 2 heteroatoms. The van der Waals surface area contributed by atoms with E-state index >= 15 is 0 Å². The minimum Gasteiger partial charge on any atom is -0.394 e. The number of aliphatic hydroxyl groups is 1. The van der Waals surface area contributed by atoms with Crippen LogP contribution in [0.3, 0.4) is 0 Å². The van der Waals surface area contributed by atoms with Gasteiger partial charge in [0, 0.05) is 11.6 Å². The Balaban J connectivity index is 1.80. The monoisotopic (exact) mass is 183 g/mol. The van der Waals surface area contributed by atoms with Crippen molar-refractivity contribution in [3.63, 3.8) is 0 Å². The third kappa shape index (κ3) is 2.23. The smallest absolute Gasteiger partial charge is 0.0613 e. The number of nitrogens with one attached hydrogen (secondary N) is 1. The van der Waals surface area contributed by atoms with E-state index in [0.29, 0.717) is 12.6 Å². The second-order valence-electron chi connectivity index (χ2n) is 5.05. The Morgan fingerprint density at radius 1 is 1.38 bits per heavy atom. The van der Waals surface area contributed by atoms with Crippen LogP contribution in [0.1, 0.15) is 45.4 Å². The highest BCUT2D eigenvalue weighted by Crippen LogP contribution is 2.37. The van der Waals surface area contributed by atoms with Gasteiger partial charge in [0.1, 0.15) is 0 Å². The molecule has 2 fully saturated rings. The lowest BCUT2D eigenvalue weighted by atomic mass is 9.86. The van der Waals surface area contributed by atoms with Crippen molar-refractivity contribution in [2.75, 3.05) is 6.61 Å². The minimum absolute atomic E-state index is 0.141. The average Bonchev–Trinajstić information content (AvgIpc) is 2.86. The molecule has 2 rings (SSSR count). The highest BCUT2D eigenvalue weighted by atomic mass is 16.3. The molecular formula is C11H21NO. The summed E-state index contributed by atoms with van der Waals surface area (Å²) in [4.78, 5) is 0. The highest BCUT2D eigenvalue weighted by molar-refractivity contribution is 5.03. The Morgan fingerprint density at radius 3 is 2.69 bits per heavy atom. The van der Waals surface area contributed by atoms with E-state index in [2.05, 4.69) is 12.2 Å². The summed E-state index contributed by atoms with van der Waals surface area (Å²) in [6.07, 6.45) is 7.72. The van der Waals surface area contributed by atoms with Gasteiger partial charge >= 0.3 is 0 Å². The molecule has 76 valence electrons. The van der Waals surface area contributed by atoms with Crippen LogP contribution in [0.4, 0.5) is 0 Å². The Bertz CT molecular complexity index is 177. The molecule has 0 aliphatic heterocycles. The van der Waals surface area contributed by atoms with Crippen molar-refractivity contribution >= 4 is 0 Å². The van der Waals surface area contributed by atoms with Gasteiger partial charge in [-0.15, -0.1) is 0 Å². The predicted molar refractivity (Wildman–Crippen MR) is 53.6 cm³/mol. The topological polar surface area (TPSA) is 32.3 Å². The zero-order valence-corrected chi connectivity index (χ0v) is 8.55. The van der Waals surface area contributed by atoms with E-state index in [0.717, 1.165) is 5.92 Å². The number of aliphatic hydroxyl groups excluding tert-OH is 1. The lowest BCUT2D eigenvalue weighted by molar-refractivity contribution is 0.195. The molecule has 0 heterocycles. The molecule has 0 spiro atoms. The molecule has 0 saturated heterocycles. The van der Waals surface area contributed by atoms with Crippen LogP contribution in [0, 0.1) is 5.92 Å². The van der Waals surface area contributed by atoms with Crippen molar-refractivity contribution in [2.45, 2.75) is 57.0 Å². The first kappa shape index (κ1) is 9.47. The normalized spacial score (nSPS) is 37.4. The van der Waals surface area contributed by atoms with Crippen LogP contribution >= 0.6 is 0 Å². The van der Waals surface area contributed by atoms with Crippen LogP contribution in [0.25, 0.3) is 0 Å². The molecule has 0 bridgehead atoms. The van der Waals surface area contributed by atoms with E-state index < -0.39 is 0 Å². The molecule has 2 nitrogen and oxygen atoms in total. The summed E-state index contributed by atoms with van der Waals surface area (Å²) in [7, 11) is 0. The summed E-state index contributed by atoms with van der Waals surface area (Å²) in [6.45, 7) is 2.67. The molecule has 2 atom stereocenters. The third-order valence-corrected chi connectivity index (χ3v) is 3.60. The number of hydrogen-bond donors (Lipinski definition) is 2.